The molecule has 0 aliphatic carbocycles. The Kier molecular flexibility index (Phi) is 4.19. The summed E-state index contributed by atoms with van der Waals surface area (Å²) in [6, 6.07) is 4.55. The fraction of sp³-hybridized carbons (Fsp3) is 0.429. The van der Waals surface area contributed by atoms with Crippen LogP contribution >= 0.6 is 11.6 Å². The van der Waals surface area contributed by atoms with E-state index in [-0.39, 0.29) is 24.4 Å². The molecule has 1 aromatic heterocycles. The quantitative estimate of drug-likeness (QED) is 0.940. The molecule has 5 nitrogen and oxygen atoms in total. The highest BCUT2D eigenvalue weighted by atomic mass is 35.5. The third kappa shape index (κ3) is 3.07. The van der Waals surface area contributed by atoms with Gasteiger partial charge in [0, 0.05) is 30.7 Å². The first kappa shape index (κ1) is 14.4. The lowest BCUT2D eigenvalue weighted by Gasteiger charge is -2.04. The molecule has 0 bridgehead atoms. The third-order valence-electron chi connectivity index (χ3n) is 3.60. The summed E-state index contributed by atoms with van der Waals surface area (Å²) >= 11 is 6.00. The van der Waals surface area contributed by atoms with E-state index >= 15 is 0 Å². The van der Waals surface area contributed by atoms with Crippen molar-refractivity contribution in [3.63, 3.8) is 0 Å². The summed E-state index contributed by atoms with van der Waals surface area (Å²) in [5, 5.41) is 7.51. The standard InChI is InChI=1S/C14H15ClFN3O2/c1-20-8-5-12(17-7-8)14-18-13(19-21-14)6-9-10(15)3-2-4-11(9)16/h2-4,8,12,17H,5-7H2,1H3. The van der Waals surface area contributed by atoms with Crippen molar-refractivity contribution in [1.29, 1.82) is 0 Å². The molecule has 0 amide bonds. The summed E-state index contributed by atoms with van der Waals surface area (Å²) in [6.07, 6.45) is 1.12. The molecule has 7 heteroatoms. The second-order valence-electron chi connectivity index (χ2n) is 4.98. The molecule has 21 heavy (non-hydrogen) atoms. The molecule has 0 saturated carbocycles. The molecular formula is C14H15ClFN3O2. The van der Waals surface area contributed by atoms with Gasteiger partial charge in [-0.05, 0) is 18.6 Å². The Morgan fingerprint density at radius 2 is 2.38 bits per heavy atom. The number of nitrogens with zero attached hydrogens (tertiary/aromatic N) is 2. The predicted molar refractivity (Wildman–Crippen MR) is 74.7 cm³/mol. The molecule has 1 aliphatic heterocycles. The van der Waals surface area contributed by atoms with Gasteiger partial charge in [-0.2, -0.15) is 4.98 Å². The second-order valence-corrected chi connectivity index (χ2v) is 5.39. The number of halogens is 2. The van der Waals surface area contributed by atoms with Crippen molar-refractivity contribution in [1.82, 2.24) is 15.5 Å². The highest BCUT2D eigenvalue weighted by molar-refractivity contribution is 6.31. The van der Waals surface area contributed by atoms with Gasteiger partial charge in [-0.3, -0.25) is 0 Å². The summed E-state index contributed by atoms with van der Waals surface area (Å²) in [5.74, 6) is 0.545. The second kappa shape index (κ2) is 6.09. The molecule has 1 fully saturated rings. The molecular weight excluding hydrogens is 297 g/mol. The molecule has 0 radical (unpaired) electrons. The molecule has 1 aromatic carbocycles. The Balaban J connectivity index is 1.74. The maximum atomic E-state index is 13.7. The van der Waals surface area contributed by atoms with Crippen molar-refractivity contribution in [2.45, 2.75) is 25.0 Å². The zero-order chi connectivity index (χ0) is 14.8. The highest BCUT2D eigenvalue weighted by Gasteiger charge is 2.29. The van der Waals surface area contributed by atoms with Gasteiger partial charge in [0.1, 0.15) is 5.82 Å². The van der Waals surface area contributed by atoms with E-state index in [0.29, 0.717) is 22.3 Å². The van der Waals surface area contributed by atoms with E-state index in [9.17, 15) is 4.39 Å². The normalized spacial score (nSPS) is 21.9. The van der Waals surface area contributed by atoms with Crippen LogP contribution in [0.2, 0.25) is 5.02 Å². The van der Waals surface area contributed by atoms with Crippen LogP contribution in [-0.2, 0) is 11.2 Å². The molecule has 2 aromatic rings. The van der Waals surface area contributed by atoms with Gasteiger partial charge < -0.3 is 14.6 Å². The maximum absolute atomic E-state index is 13.7. The first-order valence-corrected chi connectivity index (χ1v) is 7.06. The van der Waals surface area contributed by atoms with Gasteiger partial charge in [-0.25, -0.2) is 4.39 Å². The van der Waals surface area contributed by atoms with Crippen LogP contribution in [0.4, 0.5) is 4.39 Å². The van der Waals surface area contributed by atoms with Crippen molar-refractivity contribution >= 4 is 11.6 Å². The minimum atomic E-state index is -0.368. The van der Waals surface area contributed by atoms with E-state index in [1.807, 2.05) is 0 Å². The minimum absolute atomic E-state index is 0.0210. The Hall–Kier alpha value is -1.50. The van der Waals surface area contributed by atoms with Gasteiger partial charge in [-0.1, -0.05) is 22.8 Å². The maximum Gasteiger partial charge on any atom is 0.243 e. The number of benzene rings is 1. The van der Waals surface area contributed by atoms with Crippen molar-refractivity contribution in [2.24, 2.45) is 0 Å². The van der Waals surface area contributed by atoms with Crippen molar-refractivity contribution in [3.05, 3.63) is 46.3 Å². The number of nitrogens with one attached hydrogen (secondary N) is 1. The number of rotatable bonds is 4. The first-order chi connectivity index (χ1) is 10.2. The van der Waals surface area contributed by atoms with Gasteiger partial charge in [0.25, 0.3) is 0 Å². The highest BCUT2D eigenvalue weighted by Crippen LogP contribution is 2.25. The third-order valence-corrected chi connectivity index (χ3v) is 3.96. The molecule has 112 valence electrons. The Bertz CT molecular complexity index is 614. The monoisotopic (exact) mass is 311 g/mol. The molecule has 0 spiro atoms. The van der Waals surface area contributed by atoms with Gasteiger partial charge in [0.2, 0.25) is 5.89 Å². The fourth-order valence-electron chi connectivity index (χ4n) is 2.41. The van der Waals surface area contributed by atoms with Crippen LogP contribution in [-0.4, -0.2) is 29.9 Å². The van der Waals surface area contributed by atoms with E-state index in [0.717, 1.165) is 13.0 Å². The van der Waals surface area contributed by atoms with Crippen molar-refractivity contribution in [2.75, 3.05) is 13.7 Å². The van der Waals surface area contributed by atoms with E-state index in [4.69, 9.17) is 20.9 Å². The molecule has 1 aliphatic rings. The van der Waals surface area contributed by atoms with E-state index in [2.05, 4.69) is 15.5 Å². The summed E-state index contributed by atoms with van der Waals surface area (Å²) in [5.41, 5.74) is 0.376. The van der Waals surface area contributed by atoms with Crippen LogP contribution in [0.3, 0.4) is 0 Å². The molecule has 2 unspecified atom stereocenters. The van der Waals surface area contributed by atoms with Crippen LogP contribution in [0.15, 0.2) is 22.7 Å². The summed E-state index contributed by atoms with van der Waals surface area (Å²) in [7, 11) is 1.67. The lowest BCUT2D eigenvalue weighted by Crippen LogP contribution is -2.16. The number of ether oxygens (including phenoxy) is 1. The number of hydrogen-bond donors (Lipinski definition) is 1. The van der Waals surface area contributed by atoms with Gasteiger partial charge >= 0.3 is 0 Å². The van der Waals surface area contributed by atoms with Gasteiger partial charge in [0.05, 0.1) is 12.1 Å². The number of methoxy groups -OCH3 is 1. The van der Waals surface area contributed by atoms with E-state index in [1.165, 1.54) is 6.07 Å². The lowest BCUT2D eigenvalue weighted by molar-refractivity contribution is 0.116. The fourth-order valence-corrected chi connectivity index (χ4v) is 2.64. The molecule has 1 N–H and O–H groups in total. The van der Waals surface area contributed by atoms with E-state index < -0.39 is 0 Å². The van der Waals surface area contributed by atoms with Crippen molar-refractivity contribution in [3.8, 4) is 0 Å². The zero-order valence-electron chi connectivity index (χ0n) is 11.5. The molecule has 2 atom stereocenters. The van der Waals surface area contributed by atoms with Crippen LogP contribution in [0, 0.1) is 5.82 Å². The molecule has 1 saturated heterocycles. The van der Waals surface area contributed by atoms with Crippen molar-refractivity contribution < 1.29 is 13.7 Å². The van der Waals surface area contributed by atoms with Crippen LogP contribution in [0.5, 0.6) is 0 Å². The number of aromatic nitrogens is 2. The predicted octanol–water partition coefficient (Wildman–Crippen LogP) is 2.50. The van der Waals surface area contributed by atoms with Crippen LogP contribution in [0.1, 0.15) is 29.7 Å². The van der Waals surface area contributed by atoms with Crippen LogP contribution in [0.25, 0.3) is 0 Å². The largest absolute Gasteiger partial charge is 0.380 e. The number of hydrogen-bond acceptors (Lipinski definition) is 5. The molecule has 3 rings (SSSR count). The summed E-state index contributed by atoms with van der Waals surface area (Å²) < 4.78 is 24.3. The average Bonchev–Trinajstić information content (AvgIpc) is 3.11. The average molecular weight is 312 g/mol. The Morgan fingerprint density at radius 3 is 3.10 bits per heavy atom. The lowest BCUT2D eigenvalue weighted by atomic mass is 10.1. The van der Waals surface area contributed by atoms with Crippen LogP contribution < -0.4 is 5.32 Å². The Labute approximate surface area is 126 Å². The first-order valence-electron chi connectivity index (χ1n) is 6.69. The SMILES string of the molecule is COC1CNC(c2nc(Cc3c(F)cccc3Cl)no2)C1. The zero-order valence-corrected chi connectivity index (χ0v) is 12.2. The summed E-state index contributed by atoms with van der Waals surface area (Å²) in [6.45, 7) is 0.748. The smallest absolute Gasteiger partial charge is 0.243 e. The van der Waals surface area contributed by atoms with Gasteiger partial charge in [0.15, 0.2) is 5.82 Å². The molecule has 2 heterocycles. The van der Waals surface area contributed by atoms with Gasteiger partial charge in [-0.15, -0.1) is 0 Å². The van der Waals surface area contributed by atoms with E-state index in [1.54, 1.807) is 19.2 Å². The topological polar surface area (TPSA) is 60.2 Å². The summed E-state index contributed by atoms with van der Waals surface area (Å²) in [4.78, 5) is 4.32. The minimum Gasteiger partial charge on any atom is -0.380 e. The Morgan fingerprint density at radius 1 is 1.52 bits per heavy atom.